The topological polar surface area (TPSA) is 45.3 Å². The lowest BCUT2D eigenvalue weighted by Gasteiger charge is -2.27. The Morgan fingerprint density at radius 2 is 1.81 bits per heavy atom. The van der Waals surface area contributed by atoms with E-state index >= 15 is 0 Å². The van der Waals surface area contributed by atoms with E-state index in [9.17, 15) is 4.79 Å². The lowest BCUT2D eigenvalue weighted by molar-refractivity contribution is -0.158. The number of fused-ring (bicyclic) bond motifs is 3. The fourth-order valence-electron chi connectivity index (χ4n) is 3.38. The van der Waals surface area contributed by atoms with E-state index in [2.05, 4.69) is 23.7 Å². The van der Waals surface area contributed by atoms with Crippen LogP contribution in [0.25, 0.3) is 21.8 Å². The van der Waals surface area contributed by atoms with Crippen LogP contribution in [0, 0.1) is 0 Å². The van der Waals surface area contributed by atoms with Crippen LogP contribution in [0.3, 0.4) is 0 Å². The average molecular weight is 373 g/mol. The summed E-state index contributed by atoms with van der Waals surface area (Å²) in [6.07, 6.45) is -0.223. The molecule has 5 heteroatoms. The summed E-state index contributed by atoms with van der Waals surface area (Å²) in [4.78, 5) is 18.1. The van der Waals surface area contributed by atoms with Gasteiger partial charge in [0.25, 0.3) is 0 Å². The third-order valence-electron chi connectivity index (χ3n) is 5.05. The number of halogens is 1. The molecule has 3 aromatic rings. The van der Waals surface area contributed by atoms with Gasteiger partial charge in [-0.3, -0.25) is 9.69 Å². The highest BCUT2D eigenvalue weighted by Gasteiger charge is 2.22. The zero-order valence-electron chi connectivity index (χ0n) is 15.7. The number of ether oxygens (including phenoxy) is 1. The first-order chi connectivity index (χ1) is 12.4. The van der Waals surface area contributed by atoms with Gasteiger partial charge in [0.15, 0.2) is 6.23 Å². The number of hydrogen-bond acceptors (Lipinski definition) is 3. The van der Waals surface area contributed by atoms with Crippen LogP contribution in [0.4, 0.5) is 0 Å². The molecule has 2 unspecified atom stereocenters. The molecule has 138 valence electrons. The van der Waals surface area contributed by atoms with Crippen molar-refractivity contribution in [2.45, 2.75) is 39.8 Å². The monoisotopic (exact) mass is 372 g/mol. The number of benzene rings is 2. The van der Waals surface area contributed by atoms with Gasteiger partial charge in [-0.15, -0.1) is 0 Å². The minimum absolute atomic E-state index is 0.206. The molecule has 4 nitrogen and oxygen atoms in total. The summed E-state index contributed by atoms with van der Waals surface area (Å²) < 4.78 is 5.66. The van der Waals surface area contributed by atoms with Crippen LogP contribution in [-0.4, -0.2) is 35.2 Å². The predicted molar refractivity (Wildman–Crippen MR) is 108 cm³/mol. The van der Waals surface area contributed by atoms with Crippen molar-refractivity contribution in [1.29, 1.82) is 0 Å². The molecule has 0 saturated carbocycles. The Hall–Kier alpha value is -2.04. The molecule has 1 aromatic heterocycles. The zero-order valence-corrected chi connectivity index (χ0v) is 16.4. The number of carbonyl (C=O) groups excluding carboxylic acids is 1. The van der Waals surface area contributed by atoms with Gasteiger partial charge in [0.2, 0.25) is 0 Å². The van der Waals surface area contributed by atoms with Gasteiger partial charge in [-0.25, -0.2) is 0 Å². The Bertz CT molecular complexity index is 930. The van der Waals surface area contributed by atoms with E-state index in [1.165, 1.54) is 0 Å². The summed E-state index contributed by atoms with van der Waals surface area (Å²) in [7, 11) is 0. The van der Waals surface area contributed by atoms with Crippen LogP contribution in [-0.2, 0) is 9.53 Å². The number of carbonyl (C=O) groups is 1. The van der Waals surface area contributed by atoms with Crippen molar-refractivity contribution in [3.63, 3.8) is 0 Å². The maximum Gasteiger partial charge on any atom is 0.314 e. The second kappa shape index (κ2) is 7.68. The highest BCUT2D eigenvalue weighted by atomic mass is 35.5. The maximum atomic E-state index is 12.6. The van der Waals surface area contributed by atoms with Crippen molar-refractivity contribution in [2.24, 2.45) is 0 Å². The smallest absolute Gasteiger partial charge is 0.314 e. The molecule has 1 N–H and O–H groups in total. The molecule has 0 aliphatic rings. The molecule has 0 aliphatic heterocycles. The molecule has 0 saturated heterocycles. The Balaban J connectivity index is 1.85. The van der Waals surface area contributed by atoms with Crippen LogP contribution >= 0.6 is 11.6 Å². The highest BCUT2D eigenvalue weighted by molar-refractivity contribution is 6.31. The molecule has 1 heterocycles. The minimum Gasteiger partial charge on any atom is -0.446 e. The normalized spacial score (nSPS) is 14.1. The molecular formula is C21H25ClN2O2. The Labute approximate surface area is 159 Å². The number of esters is 1. The number of aromatic nitrogens is 1. The molecule has 0 fully saturated rings. The van der Waals surface area contributed by atoms with Crippen LogP contribution in [0.5, 0.6) is 0 Å². The van der Waals surface area contributed by atoms with E-state index in [1.54, 1.807) is 0 Å². The van der Waals surface area contributed by atoms with Crippen molar-refractivity contribution in [3.8, 4) is 0 Å². The average Bonchev–Trinajstić information content (AvgIpc) is 2.99. The zero-order chi connectivity index (χ0) is 18.8. The van der Waals surface area contributed by atoms with Crippen LogP contribution in [0.15, 0.2) is 36.4 Å². The summed E-state index contributed by atoms with van der Waals surface area (Å²) >= 11 is 6.12. The van der Waals surface area contributed by atoms with E-state index in [0.717, 1.165) is 40.5 Å². The van der Waals surface area contributed by atoms with Gasteiger partial charge < -0.3 is 9.72 Å². The molecule has 0 aliphatic carbocycles. The first kappa shape index (κ1) is 18.7. The lowest BCUT2D eigenvalue weighted by atomic mass is 9.99. The first-order valence-electron chi connectivity index (χ1n) is 9.10. The Morgan fingerprint density at radius 1 is 1.08 bits per heavy atom. The van der Waals surface area contributed by atoms with Gasteiger partial charge in [0, 0.05) is 26.8 Å². The van der Waals surface area contributed by atoms with Gasteiger partial charge in [0.05, 0.1) is 5.92 Å². The van der Waals surface area contributed by atoms with Gasteiger partial charge in [-0.05, 0) is 56.8 Å². The molecule has 0 radical (unpaired) electrons. The van der Waals surface area contributed by atoms with Crippen molar-refractivity contribution >= 4 is 39.4 Å². The van der Waals surface area contributed by atoms with Crippen molar-refractivity contribution in [3.05, 3.63) is 47.0 Å². The summed E-state index contributed by atoms with van der Waals surface area (Å²) in [5.41, 5.74) is 2.97. The fourth-order valence-corrected chi connectivity index (χ4v) is 3.55. The second-order valence-electron chi connectivity index (χ2n) is 6.60. The van der Waals surface area contributed by atoms with Crippen molar-refractivity contribution < 1.29 is 9.53 Å². The first-order valence-corrected chi connectivity index (χ1v) is 9.47. The standard InChI is InChI=1S/C21H25ClN2O2/c1-5-24(6-2)14(4)26-21(25)13(3)15-7-9-17-18-12-16(22)8-10-19(18)23-20(17)11-15/h7-14,23H,5-6H2,1-4H3. The molecular weight excluding hydrogens is 348 g/mol. The van der Waals surface area contributed by atoms with Gasteiger partial charge in [-0.1, -0.05) is 37.6 Å². The summed E-state index contributed by atoms with van der Waals surface area (Å²) in [6, 6.07) is 11.9. The van der Waals surface area contributed by atoms with Crippen LogP contribution < -0.4 is 0 Å². The molecule has 2 atom stereocenters. The number of H-pyrrole nitrogens is 1. The third-order valence-corrected chi connectivity index (χ3v) is 5.29. The largest absolute Gasteiger partial charge is 0.446 e. The lowest BCUT2D eigenvalue weighted by Crippen LogP contribution is -2.37. The summed E-state index contributed by atoms with van der Waals surface area (Å²) in [5.74, 6) is -0.532. The van der Waals surface area contributed by atoms with Crippen molar-refractivity contribution in [2.75, 3.05) is 13.1 Å². The minimum atomic E-state index is -0.326. The maximum absolute atomic E-state index is 12.6. The summed E-state index contributed by atoms with van der Waals surface area (Å²) in [5, 5.41) is 2.90. The van der Waals surface area contributed by atoms with Crippen LogP contribution in [0.1, 0.15) is 39.2 Å². The molecule has 2 aromatic carbocycles. The van der Waals surface area contributed by atoms with Gasteiger partial charge in [-0.2, -0.15) is 0 Å². The Kier molecular flexibility index (Phi) is 5.54. The van der Waals surface area contributed by atoms with Crippen LogP contribution in [0.2, 0.25) is 5.02 Å². The fraction of sp³-hybridized carbons (Fsp3) is 0.381. The van der Waals surface area contributed by atoms with E-state index in [-0.39, 0.29) is 18.1 Å². The molecule has 26 heavy (non-hydrogen) atoms. The van der Waals surface area contributed by atoms with Gasteiger partial charge >= 0.3 is 5.97 Å². The SMILES string of the molecule is CCN(CC)C(C)OC(=O)C(C)c1ccc2c(c1)[nH]c1ccc(Cl)cc12. The molecule has 0 spiro atoms. The highest BCUT2D eigenvalue weighted by Crippen LogP contribution is 2.30. The number of nitrogens with one attached hydrogen (secondary N) is 1. The quantitative estimate of drug-likeness (QED) is 0.471. The third kappa shape index (κ3) is 3.57. The predicted octanol–water partition coefficient (Wildman–Crippen LogP) is 5.31. The summed E-state index contributed by atoms with van der Waals surface area (Å²) in [6.45, 7) is 9.63. The molecule has 3 rings (SSSR count). The van der Waals surface area contributed by atoms with E-state index < -0.39 is 0 Å². The molecule has 0 bridgehead atoms. The second-order valence-corrected chi connectivity index (χ2v) is 7.04. The number of nitrogens with zero attached hydrogens (tertiary/aromatic N) is 1. The number of aromatic amines is 1. The number of hydrogen-bond donors (Lipinski definition) is 1. The van der Waals surface area contributed by atoms with Gasteiger partial charge in [0.1, 0.15) is 0 Å². The van der Waals surface area contributed by atoms with E-state index in [0.29, 0.717) is 5.02 Å². The molecule has 0 amide bonds. The number of rotatable bonds is 6. The Morgan fingerprint density at radius 3 is 2.50 bits per heavy atom. The van der Waals surface area contributed by atoms with E-state index in [1.807, 2.05) is 50.2 Å². The van der Waals surface area contributed by atoms with E-state index in [4.69, 9.17) is 16.3 Å². The van der Waals surface area contributed by atoms with Crippen molar-refractivity contribution in [1.82, 2.24) is 9.88 Å².